The molecule has 0 spiro atoms. The molecule has 0 radical (unpaired) electrons. The largest absolute Gasteiger partial charge is 0.310 e. The van der Waals surface area contributed by atoms with Crippen LogP contribution in [0.5, 0.6) is 0 Å². The van der Waals surface area contributed by atoms with Crippen LogP contribution in [0.1, 0.15) is 36.1 Å². The molecule has 19 heavy (non-hydrogen) atoms. The van der Waals surface area contributed by atoms with Gasteiger partial charge in [0.05, 0.1) is 5.75 Å². The van der Waals surface area contributed by atoms with Crippen LogP contribution >= 0.6 is 0 Å². The van der Waals surface area contributed by atoms with Gasteiger partial charge in [0.15, 0.2) is 0 Å². The first-order valence-corrected chi connectivity index (χ1v) is 8.23. The Kier molecular flexibility index (Phi) is 5.97. The van der Waals surface area contributed by atoms with Crippen molar-refractivity contribution in [1.82, 2.24) is 10.0 Å². The lowest BCUT2D eigenvalue weighted by Gasteiger charge is -2.17. The average Bonchev–Trinajstić information content (AvgIpc) is 2.37. The van der Waals surface area contributed by atoms with Crippen molar-refractivity contribution in [1.29, 1.82) is 0 Å². The monoisotopic (exact) mass is 284 g/mol. The molecule has 108 valence electrons. The van der Waals surface area contributed by atoms with E-state index < -0.39 is 10.0 Å². The highest BCUT2D eigenvalue weighted by Crippen LogP contribution is 2.19. The summed E-state index contributed by atoms with van der Waals surface area (Å²) in [6.45, 7) is 7.02. The van der Waals surface area contributed by atoms with Crippen molar-refractivity contribution in [3.8, 4) is 0 Å². The first kappa shape index (κ1) is 16.1. The second-order valence-electron chi connectivity index (χ2n) is 4.84. The van der Waals surface area contributed by atoms with E-state index in [4.69, 9.17) is 0 Å². The fourth-order valence-electron chi connectivity index (χ4n) is 2.04. The van der Waals surface area contributed by atoms with Gasteiger partial charge in [-0.2, -0.15) is 0 Å². The standard InChI is InChI=1S/C14H24N2O2S/c1-11-7-5-8-14(12(11)2)13(3)16-9-6-10-19(17,18)15-4/h5,7-8,13,15-16H,6,9-10H2,1-4H3. The summed E-state index contributed by atoms with van der Waals surface area (Å²) in [5.74, 6) is 0.163. The molecule has 0 saturated carbocycles. The molecule has 0 heterocycles. The lowest BCUT2D eigenvalue weighted by molar-refractivity contribution is 0.555. The van der Waals surface area contributed by atoms with E-state index in [2.05, 4.69) is 49.0 Å². The molecule has 1 unspecified atom stereocenters. The van der Waals surface area contributed by atoms with E-state index in [9.17, 15) is 8.42 Å². The highest BCUT2D eigenvalue weighted by molar-refractivity contribution is 7.89. The van der Waals surface area contributed by atoms with Gasteiger partial charge >= 0.3 is 0 Å². The molecular weight excluding hydrogens is 260 g/mol. The van der Waals surface area contributed by atoms with Crippen molar-refractivity contribution in [2.75, 3.05) is 19.3 Å². The molecule has 5 heteroatoms. The maximum Gasteiger partial charge on any atom is 0.211 e. The second-order valence-corrected chi connectivity index (χ2v) is 6.89. The molecule has 1 aromatic rings. The highest BCUT2D eigenvalue weighted by Gasteiger charge is 2.10. The molecule has 0 amide bonds. The number of benzene rings is 1. The number of hydrogen-bond acceptors (Lipinski definition) is 3. The summed E-state index contributed by atoms with van der Waals surface area (Å²) in [4.78, 5) is 0. The Morgan fingerprint density at radius 2 is 1.95 bits per heavy atom. The van der Waals surface area contributed by atoms with E-state index in [0.29, 0.717) is 13.0 Å². The van der Waals surface area contributed by atoms with Gasteiger partial charge in [-0.05, 0) is 57.5 Å². The van der Waals surface area contributed by atoms with Crippen LogP contribution in [0.25, 0.3) is 0 Å². The number of aryl methyl sites for hydroxylation is 1. The quantitative estimate of drug-likeness (QED) is 0.752. The van der Waals surface area contributed by atoms with Crippen molar-refractivity contribution in [2.45, 2.75) is 33.2 Å². The number of hydrogen-bond donors (Lipinski definition) is 2. The van der Waals surface area contributed by atoms with Gasteiger partial charge in [-0.3, -0.25) is 0 Å². The zero-order chi connectivity index (χ0) is 14.5. The van der Waals surface area contributed by atoms with Crippen molar-refractivity contribution in [3.63, 3.8) is 0 Å². The van der Waals surface area contributed by atoms with Crippen LogP contribution in [0.2, 0.25) is 0 Å². The predicted octanol–water partition coefficient (Wildman–Crippen LogP) is 1.89. The fraction of sp³-hybridized carbons (Fsp3) is 0.571. The molecule has 4 nitrogen and oxygen atoms in total. The number of nitrogens with one attached hydrogen (secondary N) is 2. The van der Waals surface area contributed by atoms with Gasteiger partial charge in [0.1, 0.15) is 0 Å². The molecular formula is C14H24N2O2S. The normalized spacial score (nSPS) is 13.5. The van der Waals surface area contributed by atoms with Crippen LogP contribution in [-0.2, 0) is 10.0 Å². The summed E-state index contributed by atoms with van der Waals surface area (Å²) in [7, 11) is -1.64. The minimum absolute atomic E-state index is 0.163. The third-order valence-corrected chi connectivity index (χ3v) is 4.91. The predicted molar refractivity (Wildman–Crippen MR) is 79.8 cm³/mol. The minimum Gasteiger partial charge on any atom is -0.310 e. The molecule has 0 aromatic heterocycles. The van der Waals surface area contributed by atoms with E-state index in [1.165, 1.54) is 23.7 Å². The van der Waals surface area contributed by atoms with Gasteiger partial charge in [0.2, 0.25) is 10.0 Å². The highest BCUT2D eigenvalue weighted by atomic mass is 32.2. The smallest absolute Gasteiger partial charge is 0.211 e. The molecule has 2 N–H and O–H groups in total. The number of sulfonamides is 1. The van der Waals surface area contributed by atoms with Crippen LogP contribution in [-0.4, -0.2) is 27.8 Å². The Morgan fingerprint density at radius 1 is 1.26 bits per heavy atom. The van der Waals surface area contributed by atoms with E-state index in [0.717, 1.165) is 0 Å². The van der Waals surface area contributed by atoms with Gasteiger partial charge in [-0.15, -0.1) is 0 Å². The van der Waals surface area contributed by atoms with Gasteiger partial charge in [0, 0.05) is 6.04 Å². The zero-order valence-corrected chi connectivity index (χ0v) is 13.0. The maximum absolute atomic E-state index is 11.3. The molecule has 0 aliphatic carbocycles. The Hall–Kier alpha value is -0.910. The summed E-state index contributed by atoms with van der Waals surface area (Å²) < 4.78 is 24.9. The first-order valence-electron chi connectivity index (χ1n) is 6.58. The van der Waals surface area contributed by atoms with Crippen molar-refractivity contribution >= 4 is 10.0 Å². The Balaban J connectivity index is 2.48. The summed E-state index contributed by atoms with van der Waals surface area (Å²) in [6, 6.07) is 6.51. The van der Waals surface area contributed by atoms with Gasteiger partial charge < -0.3 is 5.32 Å². The van der Waals surface area contributed by atoms with E-state index in [-0.39, 0.29) is 11.8 Å². The van der Waals surface area contributed by atoms with Gasteiger partial charge in [-0.25, -0.2) is 13.1 Å². The first-order chi connectivity index (χ1) is 8.87. The summed E-state index contributed by atoms with van der Waals surface area (Å²) in [5, 5.41) is 3.37. The van der Waals surface area contributed by atoms with E-state index in [1.54, 1.807) is 0 Å². The van der Waals surface area contributed by atoms with Crippen LogP contribution in [0.3, 0.4) is 0 Å². The van der Waals surface area contributed by atoms with Crippen LogP contribution in [0.4, 0.5) is 0 Å². The average molecular weight is 284 g/mol. The third-order valence-electron chi connectivity index (χ3n) is 3.46. The maximum atomic E-state index is 11.3. The summed E-state index contributed by atoms with van der Waals surface area (Å²) in [6.07, 6.45) is 0.610. The Morgan fingerprint density at radius 3 is 2.58 bits per heavy atom. The molecule has 1 rings (SSSR count). The number of rotatable bonds is 7. The fourth-order valence-corrected chi connectivity index (χ4v) is 2.76. The molecule has 0 bridgehead atoms. The molecule has 0 fully saturated rings. The van der Waals surface area contributed by atoms with Crippen molar-refractivity contribution in [2.24, 2.45) is 0 Å². The summed E-state index contributed by atoms with van der Waals surface area (Å²) >= 11 is 0. The molecule has 0 aliphatic rings. The van der Waals surface area contributed by atoms with Gasteiger partial charge in [-0.1, -0.05) is 18.2 Å². The van der Waals surface area contributed by atoms with Crippen molar-refractivity contribution < 1.29 is 8.42 Å². The third kappa shape index (κ3) is 4.93. The second kappa shape index (κ2) is 7.03. The lowest BCUT2D eigenvalue weighted by Crippen LogP contribution is -2.26. The van der Waals surface area contributed by atoms with Crippen molar-refractivity contribution in [3.05, 3.63) is 34.9 Å². The molecule has 0 aliphatic heterocycles. The summed E-state index contributed by atoms with van der Waals surface area (Å²) in [5.41, 5.74) is 3.85. The SMILES string of the molecule is CNS(=O)(=O)CCCNC(C)c1cccc(C)c1C. The van der Waals surface area contributed by atoms with Crippen LogP contribution in [0, 0.1) is 13.8 Å². The Labute approximate surface area is 116 Å². The van der Waals surface area contributed by atoms with E-state index >= 15 is 0 Å². The minimum atomic E-state index is -3.09. The topological polar surface area (TPSA) is 58.2 Å². The molecule has 1 aromatic carbocycles. The van der Waals surface area contributed by atoms with Crippen LogP contribution < -0.4 is 10.0 Å². The Bertz CT molecular complexity index is 512. The van der Waals surface area contributed by atoms with Crippen LogP contribution in [0.15, 0.2) is 18.2 Å². The molecule has 1 atom stereocenters. The molecule has 0 saturated heterocycles. The van der Waals surface area contributed by atoms with Gasteiger partial charge in [0.25, 0.3) is 0 Å². The lowest BCUT2D eigenvalue weighted by atomic mass is 9.98. The van der Waals surface area contributed by atoms with E-state index in [1.807, 2.05) is 0 Å². The zero-order valence-electron chi connectivity index (χ0n) is 12.2.